The zero-order chi connectivity index (χ0) is 12.6. The van der Waals surface area contributed by atoms with E-state index in [0.29, 0.717) is 5.96 Å². The quantitative estimate of drug-likeness (QED) is 0.497. The lowest BCUT2D eigenvalue weighted by molar-refractivity contribution is 0.0734. The first-order valence-corrected chi connectivity index (χ1v) is 5.93. The zero-order valence-electron chi connectivity index (χ0n) is 11.5. The SMILES string of the molecule is CN1CCN(C(N)=NC(C)(C)C)CC1(C)C. The number of piperazine rings is 1. The predicted molar refractivity (Wildman–Crippen MR) is 69.7 cm³/mol. The fourth-order valence-electron chi connectivity index (χ4n) is 1.85. The van der Waals surface area contributed by atoms with Gasteiger partial charge in [-0.1, -0.05) is 0 Å². The Labute approximate surface area is 99.5 Å². The number of hydrogen-bond acceptors (Lipinski definition) is 2. The molecule has 1 heterocycles. The van der Waals surface area contributed by atoms with Gasteiger partial charge >= 0.3 is 0 Å². The van der Waals surface area contributed by atoms with Crippen LogP contribution in [0.2, 0.25) is 0 Å². The molecule has 0 saturated carbocycles. The van der Waals surface area contributed by atoms with Crippen LogP contribution < -0.4 is 5.73 Å². The monoisotopic (exact) mass is 226 g/mol. The topological polar surface area (TPSA) is 44.9 Å². The highest BCUT2D eigenvalue weighted by Crippen LogP contribution is 2.19. The lowest BCUT2D eigenvalue weighted by Gasteiger charge is -2.45. The van der Waals surface area contributed by atoms with Gasteiger partial charge in [0, 0.05) is 25.2 Å². The van der Waals surface area contributed by atoms with Gasteiger partial charge in [0.25, 0.3) is 0 Å². The summed E-state index contributed by atoms with van der Waals surface area (Å²) >= 11 is 0. The highest BCUT2D eigenvalue weighted by molar-refractivity contribution is 5.78. The Morgan fingerprint density at radius 1 is 1.25 bits per heavy atom. The average Bonchev–Trinajstić information content (AvgIpc) is 2.06. The molecule has 2 N–H and O–H groups in total. The molecule has 0 unspecified atom stereocenters. The predicted octanol–water partition coefficient (Wildman–Crippen LogP) is 1.13. The summed E-state index contributed by atoms with van der Waals surface area (Å²) in [5.41, 5.74) is 6.12. The minimum atomic E-state index is -0.0996. The van der Waals surface area contributed by atoms with Crippen molar-refractivity contribution in [2.45, 2.75) is 45.7 Å². The molecule has 1 aliphatic heterocycles. The van der Waals surface area contributed by atoms with Crippen LogP contribution in [0, 0.1) is 0 Å². The van der Waals surface area contributed by atoms with Gasteiger partial charge in [0.05, 0.1) is 5.54 Å². The largest absolute Gasteiger partial charge is 0.370 e. The van der Waals surface area contributed by atoms with Crippen LogP contribution in [0.5, 0.6) is 0 Å². The molecule has 0 aromatic carbocycles. The summed E-state index contributed by atoms with van der Waals surface area (Å²) in [7, 11) is 2.16. The molecule has 0 aromatic rings. The van der Waals surface area contributed by atoms with Gasteiger partial charge in [-0.3, -0.25) is 4.90 Å². The zero-order valence-corrected chi connectivity index (χ0v) is 11.5. The van der Waals surface area contributed by atoms with E-state index in [0.717, 1.165) is 19.6 Å². The van der Waals surface area contributed by atoms with Crippen molar-refractivity contribution in [3.8, 4) is 0 Å². The van der Waals surface area contributed by atoms with Crippen LogP contribution in [-0.2, 0) is 0 Å². The maximum absolute atomic E-state index is 6.06. The molecule has 0 bridgehead atoms. The smallest absolute Gasteiger partial charge is 0.191 e. The van der Waals surface area contributed by atoms with Crippen LogP contribution in [0.3, 0.4) is 0 Å². The lowest BCUT2D eigenvalue weighted by atomic mass is 10.00. The van der Waals surface area contributed by atoms with Gasteiger partial charge in [-0.25, -0.2) is 4.99 Å². The van der Waals surface area contributed by atoms with Crippen LogP contribution in [0.25, 0.3) is 0 Å². The van der Waals surface area contributed by atoms with Gasteiger partial charge in [0.2, 0.25) is 0 Å². The molecule has 16 heavy (non-hydrogen) atoms. The molecule has 0 atom stereocenters. The Balaban J connectivity index is 2.74. The standard InChI is InChI=1S/C12H26N4/c1-11(2,3)14-10(13)16-8-7-15(6)12(4,5)9-16/h7-9H2,1-6H3,(H2,13,14). The first-order valence-electron chi connectivity index (χ1n) is 5.93. The third kappa shape index (κ3) is 3.37. The van der Waals surface area contributed by atoms with E-state index in [1.54, 1.807) is 0 Å². The van der Waals surface area contributed by atoms with Crippen molar-refractivity contribution >= 4 is 5.96 Å². The second kappa shape index (κ2) is 4.24. The molecular formula is C12H26N4. The molecule has 4 nitrogen and oxygen atoms in total. The minimum absolute atomic E-state index is 0.0996. The summed E-state index contributed by atoms with van der Waals surface area (Å²) in [6, 6.07) is 0. The summed E-state index contributed by atoms with van der Waals surface area (Å²) in [6.45, 7) is 13.6. The summed E-state index contributed by atoms with van der Waals surface area (Å²) in [5.74, 6) is 0.675. The van der Waals surface area contributed by atoms with E-state index in [1.807, 2.05) is 0 Å². The van der Waals surface area contributed by atoms with Gasteiger partial charge in [0.15, 0.2) is 5.96 Å². The van der Waals surface area contributed by atoms with Gasteiger partial charge in [-0.15, -0.1) is 0 Å². The van der Waals surface area contributed by atoms with Gasteiger partial charge in [-0.05, 0) is 41.7 Å². The van der Waals surface area contributed by atoms with Crippen LogP contribution in [0.1, 0.15) is 34.6 Å². The van der Waals surface area contributed by atoms with E-state index in [4.69, 9.17) is 5.73 Å². The molecule has 0 aliphatic carbocycles. The third-order valence-electron chi connectivity index (χ3n) is 3.09. The van der Waals surface area contributed by atoms with E-state index < -0.39 is 0 Å². The Bertz CT molecular complexity index is 275. The summed E-state index contributed by atoms with van der Waals surface area (Å²) < 4.78 is 0. The van der Waals surface area contributed by atoms with Crippen LogP contribution in [0.4, 0.5) is 0 Å². The van der Waals surface area contributed by atoms with E-state index >= 15 is 0 Å². The van der Waals surface area contributed by atoms with Crippen molar-refractivity contribution in [1.82, 2.24) is 9.80 Å². The van der Waals surface area contributed by atoms with Gasteiger partial charge in [-0.2, -0.15) is 0 Å². The lowest BCUT2D eigenvalue weighted by Crippen LogP contribution is -2.60. The maximum atomic E-state index is 6.06. The van der Waals surface area contributed by atoms with Crippen molar-refractivity contribution in [2.24, 2.45) is 10.7 Å². The Hall–Kier alpha value is -0.770. The molecule has 0 radical (unpaired) electrons. The third-order valence-corrected chi connectivity index (χ3v) is 3.09. The molecule has 4 heteroatoms. The van der Waals surface area contributed by atoms with Crippen LogP contribution in [0.15, 0.2) is 4.99 Å². The Kier molecular flexibility index (Phi) is 3.53. The Morgan fingerprint density at radius 3 is 2.25 bits per heavy atom. The van der Waals surface area contributed by atoms with Gasteiger partial charge in [0.1, 0.15) is 0 Å². The summed E-state index contributed by atoms with van der Waals surface area (Å²) in [5, 5.41) is 0. The van der Waals surface area contributed by atoms with E-state index in [1.165, 1.54) is 0 Å². The molecule has 1 aliphatic rings. The van der Waals surface area contributed by atoms with Crippen LogP contribution >= 0.6 is 0 Å². The molecule has 1 saturated heterocycles. The number of aliphatic imine (C=N–C) groups is 1. The molecule has 1 rings (SSSR count). The highest BCUT2D eigenvalue weighted by atomic mass is 15.3. The maximum Gasteiger partial charge on any atom is 0.191 e. The number of likely N-dealkylation sites (N-methyl/N-ethyl adjacent to an activating group) is 1. The first-order chi connectivity index (χ1) is 7.12. The molecule has 0 aromatic heterocycles. The first kappa shape index (κ1) is 13.3. The second-order valence-electron chi connectivity index (χ2n) is 6.30. The molecular weight excluding hydrogens is 200 g/mol. The normalized spacial score (nSPS) is 23.6. The highest BCUT2D eigenvalue weighted by Gasteiger charge is 2.32. The van der Waals surface area contributed by atoms with Crippen molar-refractivity contribution in [3.63, 3.8) is 0 Å². The Morgan fingerprint density at radius 2 is 1.81 bits per heavy atom. The molecule has 0 spiro atoms. The van der Waals surface area contributed by atoms with Crippen molar-refractivity contribution in [2.75, 3.05) is 26.7 Å². The molecule has 1 fully saturated rings. The average molecular weight is 226 g/mol. The molecule has 94 valence electrons. The second-order valence-corrected chi connectivity index (χ2v) is 6.30. The molecule has 0 amide bonds. The number of nitrogens with zero attached hydrogens (tertiary/aromatic N) is 3. The van der Waals surface area contributed by atoms with E-state index in [9.17, 15) is 0 Å². The van der Waals surface area contributed by atoms with Crippen molar-refractivity contribution < 1.29 is 0 Å². The van der Waals surface area contributed by atoms with E-state index in [-0.39, 0.29) is 11.1 Å². The summed E-state index contributed by atoms with van der Waals surface area (Å²) in [6.07, 6.45) is 0. The van der Waals surface area contributed by atoms with Crippen molar-refractivity contribution in [3.05, 3.63) is 0 Å². The van der Waals surface area contributed by atoms with Crippen LogP contribution in [-0.4, -0.2) is 53.5 Å². The summed E-state index contributed by atoms with van der Waals surface area (Å²) in [4.78, 5) is 9.08. The van der Waals surface area contributed by atoms with Gasteiger partial charge < -0.3 is 10.6 Å². The fourth-order valence-corrected chi connectivity index (χ4v) is 1.85. The number of nitrogens with two attached hydrogens (primary N) is 1. The number of hydrogen-bond donors (Lipinski definition) is 1. The number of rotatable bonds is 0. The van der Waals surface area contributed by atoms with Crippen molar-refractivity contribution in [1.29, 1.82) is 0 Å². The fraction of sp³-hybridized carbons (Fsp3) is 0.917. The number of guanidine groups is 1. The minimum Gasteiger partial charge on any atom is -0.370 e. The van der Waals surface area contributed by atoms with E-state index in [2.05, 4.69) is 56.5 Å².